The number of hydrogen-bond acceptors (Lipinski definition) is 2. The highest BCUT2D eigenvalue weighted by atomic mass is 16.4. The maximum Gasteiger partial charge on any atom is 0.303 e. The fourth-order valence-electron chi connectivity index (χ4n) is 2.02. The van der Waals surface area contributed by atoms with Crippen molar-refractivity contribution >= 4 is 5.97 Å². The molecule has 0 rings (SSSR count). The molecule has 2 N–H and O–H groups in total. The molecule has 0 heterocycles. The Hall–Kier alpha value is -1.27. The van der Waals surface area contributed by atoms with Gasteiger partial charge in [0, 0.05) is 6.42 Å². The van der Waals surface area contributed by atoms with Crippen LogP contribution in [0.15, 0.2) is 12.2 Å². The van der Waals surface area contributed by atoms with E-state index >= 15 is 0 Å². The normalized spacial score (nSPS) is 12.1. The fraction of sp³-hybridized carbons (Fsp3) is 0.722. The van der Waals surface area contributed by atoms with Crippen LogP contribution in [0.1, 0.15) is 77.6 Å². The molecule has 21 heavy (non-hydrogen) atoms. The predicted octanol–water partition coefficient (Wildman–Crippen LogP) is 4.30. The quantitative estimate of drug-likeness (QED) is 0.417. The van der Waals surface area contributed by atoms with Crippen LogP contribution < -0.4 is 0 Å². The Morgan fingerprint density at radius 3 is 2.52 bits per heavy atom. The summed E-state index contributed by atoms with van der Waals surface area (Å²) in [6.07, 6.45) is 13.8. The first kappa shape index (κ1) is 19.7. The fourth-order valence-corrected chi connectivity index (χ4v) is 2.02. The van der Waals surface area contributed by atoms with Crippen molar-refractivity contribution in [1.82, 2.24) is 0 Å². The van der Waals surface area contributed by atoms with Gasteiger partial charge in [-0.05, 0) is 38.2 Å². The van der Waals surface area contributed by atoms with Crippen LogP contribution in [-0.4, -0.2) is 22.3 Å². The van der Waals surface area contributed by atoms with E-state index in [9.17, 15) is 9.90 Å². The SMILES string of the molecule is CCCCCC/C=C/C#C[C@@H](O)CCCCCCC(=O)O. The number of hydrogen-bond donors (Lipinski definition) is 2. The van der Waals surface area contributed by atoms with E-state index < -0.39 is 12.1 Å². The number of rotatable bonds is 12. The zero-order valence-electron chi connectivity index (χ0n) is 13.3. The summed E-state index contributed by atoms with van der Waals surface area (Å²) in [7, 11) is 0. The molecule has 0 aliphatic rings. The van der Waals surface area contributed by atoms with Gasteiger partial charge in [-0.3, -0.25) is 4.79 Å². The molecule has 3 nitrogen and oxygen atoms in total. The molecule has 0 amide bonds. The summed E-state index contributed by atoms with van der Waals surface area (Å²) in [6, 6.07) is 0. The second kappa shape index (κ2) is 15.1. The van der Waals surface area contributed by atoms with Crippen molar-refractivity contribution in [1.29, 1.82) is 0 Å². The number of aliphatic hydroxyl groups excluding tert-OH is 1. The second-order valence-electron chi connectivity index (χ2n) is 5.40. The van der Waals surface area contributed by atoms with Crippen LogP contribution in [0.2, 0.25) is 0 Å². The summed E-state index contributed by atoms with van der Waals surface area (Å²) >= 11 is 0. The first-order valence-corrected chi connectivity index (χ1v) is 8.22. The Morgan fingerprint density at radius 2 is 1.81 bits per heavy atom. The molecule has 0 aromatic rings. The molecule has 0 radical (unpaired) electrons. The average molecular weight is 294 g/mol. The Morgan fingerprint density at radius 1 is 1.10 bits per heavy atom. The van der Waals surface area contributed by atoms with Crippen molar-refractivity contribution in [3.8, 4) is 11.8 Å². The van der Waals surface area contributed by atoms with Crippen molar-refractivity contribution in [2.45, 2.75) is 83.7 Å². The minimum atomic E-state index is -0.734. The summed E-state index contributed by atoms with van der Waals surface area (Å²) in [5.41, 5.74) is 0. The van der Waals surface area contributed by atoms with Crippen LogP contribution in [0.5, 0.6) is 0 Å². The van der Waals surface area contributed by atoms with E-state index in [2.05, 4.69) is 24.8 Å². The highest BCUT2D eigenvalue weighted by molar-refractivity contribution is 5.66. The molecule has 3 heteroatoms. The van der Waals surface area contributed by atoms with Crippen LogP contribution in [0.25, 0.3) is 0 Å². The van der Waals surface area contributed by atoms with Crippen LogP contribution in [0.3, 0.4) is 0 Å². The zero-order valence-corrected chi connectivity index (χ0v) is 13.3. The van der Waals surface area contributed by atoms with Gasteiger partial charge in [0.2, 0.25) is 0 Å². The smallest absolute Gasteiger partial charge is 0.303 e. The molecular weight excluding hydrogens is 264 g/mol. The standard InChI is InChI=1S/C18H30O3/c1-2-3-4-5-6-7-8-11-14-17(19)15-12-9-10-13-16-18(20)21/h7-8,17,19H,2-6,9-10,12-13,15-16H2,1H3,(H,20,21)/b8-7+/t17-/m1/s1. The molecule has 0 bridgehead atoms. The largest absolute Gasteiger partial charge is 0.481 e. The minimum Gasteiger partial charge on any atom is -0.481 e. The summed E-state index contributed by atoms with van der Waals surface area (Å²) in [6.45, 7) is 2.20. The van der Waals surface area contributed by atoms with E-state index in [4.69, 9.17) is 5.11 Å². The monoisotopic (exact) mass is 294 g/mol. The topological polar surface area (TPSA) is 57.5 Å². The molecule has 0 unspecified atom stereocenters. The Kier molecular flexibility index (Phi) is 14.2. The average Bonchev–Trinajstić information content (AvgIpc) is 2.45. The van der Waals surface area contributed by atoms with Gasteiger partial charge in [-0.25, -0.2) is 0 Å². The van der Waals surface area contributed by atoms with Gasteiger partial charge in [0.1, 0.15) is 6.10 Å². The number of carboxylic acid groups (broad SMARTS) is 1. The summed E-state index contributed by atoms with van der Waals surface area (Å²) in [5.74, 6) is 4.97. The molecule has 0 aromatic carbocycles. The number of unbranched alkanes of at least 4 members (excludes halogenated alkanes) is 7. The van der Waals surface area contributed by atoms with Crippen molar-refractivity contribution in [3.05, 3.63) is 12.2 Å². The second-order valence-corrected chi connectivity index (χ2v) is 5.40. The lowest BCUT2D eigenvalue weighted by atomic mass is 10.1. The Bertz CT molecular complexity index is 336. The highest BCUT2D eigenvalue weighted by Crippen LogP contribution is 2.07. The lowest BCUT2D eigenvalue weighted by Gasteiger charge is -2.02. The number of aliphatic hydroxyl groups is 1. The van der Waals surface area contributed by atoms with Crippen molar-refractivity contribution < 1.29 is 15.0 Å². The number of allylic oxidation sites excluding steroid dienone is 2. The van der Waals surface area contributed by atoms with Crippen LogP contribution in [0, 0.1) is 11.8 Å². The van der Waals surface area contributed by atoms with E-state index in [1.54, 1.807) is 0 Å². The van der Waals surface area contributed by atoms with Crippen molar-refractivity contribution in [2.75, 3.05) is 0 Å². The first-order valence-electron chi connectivity index (χ1n) is 8.22. The zero-order chi connectivity index (χ0) is 15.8. The molecule has 0 spiro atoms. The van der Waals surface area contributed by atoms with Gasteiger partial charge in [-0.2, -0.15) is 0 Å². The van der Waals surface area contributed by atoms with Crippen LogP contribution >= 0.6 is 0 Å². The van der Waals surface area contributed by atoms with Gasteiger partial charge in [-0.1, -0.05) is 56.9 Å². The van der Waals surface area contributed by atoms with Gasteiger partial charge in [-0.15, -0.1) is 0 Å². The summed E-state index contributed by atoms with van der Waals surface area (Å²) < 4.78 is 0. The van der Waals surface area contributed by atoms with E-state index in [0.717, 1.165) is 32.1 Å². The van der Waals surface area contributed by atoms with Gasteiger partial charge >= 0.3 is 5.97 Å². The third kappa shape index (κ3) is 16.7. The third-order valence-corrected chi connectivity index (χ3v) is 3.29. The molecule has 0 aliphatic heterocycles. The maximum absolute atomic E-state index is 10.3. The van der Waals surface area contributed by atoms with Gasteiger partial charge < -0.3 is 10.2 Å². The van der Waals surface area contributed by atoms with E-state index in [0.29, 0.717) is 6.42 Å². The van der Waals surface area contributed by atoms with Gasteiger partial charge in [0.05, 0.1) is 0 Å². The maximum atomic E-state index is 10.3. The summed E-state index contributed by atoms with van der Waals surface area (Å²) in [4.78, 5) is 10.3. The van der Waals surface area contributed by atoms with Crippen LogP contribution in [-0.2, 0) is 4.79 Å². The number of carboxylic acids is 1. The van der Waals surface area contributed by atoms with Crippen LogP contribution in [0.4, 0.5) is 0 Å². The van der Waals surface area contributed by atoms with E-state index in [-0.39, 0.29) is 6.42 Å². The molecule has 0 fully saturated rings. The number of aliphatic carboxylic acids is 1. The Labute approximate surface area is 129 Å². The lowest BCUT2D eigenvalue weighted by Crippen LogP contribution is -2.02. The molecule has 120 valence electrons. The Balaban J connectivity index is 3.48. The molecule has 0 saturated carbocycles. The predicted molar refractivity (Wildman–Crippen MR) is 87.0 cm³/mol. The third-order valence-electron chi connectivity index (χ3n) is 3.29. The molecule has 0 saturated heterocycles. The van der Waals surface area contributed by atoms with Gasteiger partial charge in [0.25, 0.3) is 0 Å². The molecule has 1 atom stereocenters. The lowest BCUT2D eigenvalue weighted by molar-refractivity contribution is -0.137. The minimum absolute atomic E-state index is 0.241. The highest BCUT2D eigenvalue weighted by Gasteiger charge is 2.00. The number of carbonyl (C=O) groups is 1. The van der Waals surface area contributed by atoms with E-state index in [1.165, 1.54) is 25.7 Å². The van der Waals surface area contributed by atoms with Crippen molar-refractivity contribution in [3.63, 3.8) is 0 Å². The summed E-state index contributed by atoms with van der Waals surface area (Å²) in [5, 5.41) is 18.2. The molecule has 0 aliphatic carbocycles. The van der Waals surface area contributed by atoms with Gasteiger partial charge in [0.15, 0.2) is 0 Å². The first-order chi connectivity index (χ1) is 10.2. The van der Waals surface area contributed by atoms with Crippen molar-refractivity contribution in [2.24, 2.45) is 0 Å². The molecular formula is C18H30O3. The molecule has 0 aromatic heterocycles. The van der Waals surface area contributed by atoms with E-state index in [1.807, 2.05) is 6.08 Å².